The van der Waals surface area contributed by atoms with Crippen LogP contribution in [0.1, 0.15) is 23.0 Å². The average Bonchev–Trinajstić information content (AvgIpc) is 2.90. The number of carbonyl (C=O) groups is 1. The van der Waals surface area contributed by atoms with E-state index in [4.69, 9.17) is 15.2 Å². The Hall–Kier alpha value is -1.57. The first kappa shape index (κ1) is 20.7. The molecule has 0 atom stereocenters. The van der Waals surface area contributed by atoms with Gasteiger partial charge < -0.3 is 19.8 Å². The van der Waals surface area contributed by atoms with E-state index in [1.54, 1.807) is 12.3 Å². The number of carbonyl (C=O) groups excluding carboxylic acids is 1. The van der Waals surface area contributed by atoms with E-state index >= 15 is 0 Å². The Kier molecular flexibility index (Phi) is 7.08. The summed E-state index contributed by atoms with van der Waals surface area (Å²) in [4.78, 5) is 11.9. The number of nitrogens with two attached hydrogens (primary N) is 1. The van der Waals surface area contributed by atoms with E-state index in [0.29, 0.717) is 25.5 Å². The van der Waals surface area contributed by atoms with Gasteiger partial charge in [0.2, 0.25) is 0 Å². The highest BCUT2D eigenvalue weighted by atomic mass is 79.9. The molecule has 0 spiro atoms. The third-order valence-corrected chi connectivity index (χ3v) is 6.42. The number of fused-ring (bicyclic) bond motifs is 1. The fourth-order valence-corrected chi connectivity index (χ4v) is 3.78. The number of aromatic nitrogens is 1. The van der Waals surface area contributed by atoms with E-state index in [1.807, 2.05) is 29.7 Å². The Labute approximate surface area is 164 Å². The Morgan fingerprint density at radius 3 is 2.69 bits per heavy atom. The fourth-order valence-electron chi connectivity index (χ4n) is 2.59. The smallest absolute Gasteiger partial charge is 0.250 e. The van der Waals surface area contributed by atoms with Crippen molar-refractivity contribution in [1.82, 2.24) is 4.57 Å². The molecular weight excluding hydrogens is 412 g/mol. The normalized spacial score (nSPS) is 12.2. The second-order valence-electron chi connectivity index (χ2n) is 7.32. The highest BCUT2D eigenvalue weighted by Crippen LogP contribution is 2.31. The van der Waals surface area contributed by atoms with Crippen LogP contribution in [-0.4, -0.2) is 31.8 Å². The van der Waals surface area contributed by atoms with Gasteiger partial charge in [-0.2, -0.15) is 0 Å². The molecule has 1 heterocycles. The number of primary amides is 1. The molecule has 2 aromatic rings. The molecule has 1 aromatic carbocycles. The lowest BCUT2D eigenvalue weighted by Crippen LogP contribution is -2.22. The van der Waals surface area contributed by atoms with Crippen molar-refractivity contribution in [2.45, 2.75) is 39.3 Å². The second-order valence-corrected chi connectivity index (χ2v) is 13.8. The van der Waals surface area contributed by atoms with Crippen LogP contribution < -0.4 is 5.73 Å². The number of halogens is 1. The van der Waals surface area contributed by atoms with Crippen molar-refractivity contribution in [2.24, 2.45) is 5.73 Å². The summed E-state index contributed by atoms with van der Waals surface area (Å²) in [5, 5.41) is 0.922. The molecule has 7 heteroatoms. The van der Waals surface area contributed by atoms with Gasteiger partial charge in [-0.1, -0.05) is 35.6 Å². The van der Waals surface area contributed by atoms with Crippen molar-refractivity contribution < 1.29 is 14.3 Å². The monoisotopic (exact) mass is 438 g/mol. The molecule has 2 N–H and O–H groups in total. The molecule has 0 saturated heterocycles. The first-order valence-corrected chi connectivity index (χ1v) is 13.2. The molecule has 0 aliphatic rings. The van der Waals surface area contributed by atoms with Crippen LogP contribution in [0.3, 0.4) is 0 Å². The first-order valence-electron chi connectivity index (χ1n) is 8.72. The van der Waals surface area contributed by atoms with Crippen LogP contribution in [0.15, 0.2) is 28.9 Å². The van der Waals surface area contributed by atoms with Gasteiger partial charge in [0, 0.05) is 30.2 Å². The van der Waals surface area contributed by atoms with Crippen LogP contribution in [0.25, 0.3) is 17.0 Å². The van der Waals surface area contributed by atoms with Crippen LogP contribution in [0.5, 0.6) is 0 Å². The third-order valence-electron chi connectivity index (χ3n) is 4.02. The summed E-state index contributed by atoms with van der Waals surface area (Å²) < 4.78 is 14.2. The molecule has 0 bridgehead atoms. The van der Waals surface area contributed by atoms with Gasteiger partial charge in [0.15, 0.2) is 0 Å². The molecule has 142 valence electrons. The lowest BCUT2D eigenvalue weighted by Gasteiger charge is -2.17. The number of nitrogens with zero attached hydrogens (tertiary/aromatic N) is 1. The molecule has 2 rings (SSSR count). The molecular formula is C19H27BrN2O3Si. The lowest BCUT2D eigenvalue weighted by molar-refractivity contribution is 0.0895. The predicted molar refractivity (Wildman–Crippen MR) is 113 cm³/mol. The molecule has 1 aromatic heterocycles. The van der Waals surface area contributed by atoms with E-state index in [1.165, 1.54) is 0 Å². The molecule has 0 aliphatic carbocycles. The Balaban J connectivity index is 2.43. The summed E-state index contributed by atoms with van der Waals surface area (Å²) in [6.45, 7) is 10.5. The quantitative estimate of drug-likeness (QED) is 0.346. The molecule has 26 heavy (non-hydrogen) atoms. The summed E-state index contributed by atoms with van der Waals surface area (Å²) in [5.41, 5.74) is 7.75. The highest BCUT2D eigenvalue weighted by Gasteiger charge is 2.17. The van der Waals surface area contributed by atoms with Gasteiger partial charge in [-0.05, 0) is 37.2 Å². The number of rotatable bonds is 9. The zero-order chi connectivity index (χ0) is 19.3. The predicted octanol–water partition coefficient (Wildman–Crippen LogP) is 4.82. The van der Waals surface area contributed by atoms with E-state index in [9.17, 15) is 4.79 Å². The summed E-state index contributed by atoms with van der Waals surface area (Å²) in [5.74, 6) is -0.454. The van der Waals surface area contributed by atoms with Crippen molar-refractivity contribution >= 4 is 46.9 Å². The van der Waals surface area contributed by atoms with Crippen LogP contribution in [0.2, 0.25) is 25.7 Å². The van der Waals surface area contributed by atoms with E-state index in [0.717, 1.165) is 27.1 Å². The Bertz CT molecular complexity index is 809. The van der Waals surface area contributed by atoms with E-state index in [-0.39, 0.29) is 0 Å². The van der Waals surface area contributed by atoms with Gasteiger partial charge in [0.1, 0.15) is 6.73 Å². The molecule has 0 aliphatic heterocycles. The molecule has 0 fully saturated rings. The SMILES string of the molecule is CCOC=Cc1cc2c(Br)ccc(C(N)=O)c2n1COCC[Si](C)(C)C. The summed E-state index contributed by atoms with van der Waals surface area (Å²) in [7, 11) is -1.16. The zero-order valence-corrected chi connectivity index (χ0v) is 18.4. The number of benzene rings is 1. The number of ether oxygens (including phenoxy) is 2. The molecule has 0 radical (unpaired) electrons. The van der Waals surface area contributed by atoms with Crippen molar-refractivity contribution in [3.05, 3.63) is 40.2 Å². The van der Waals surface area contributed by atoms with Gasteiger partial charge in [0.05, 0.1) is 23.9 Å². The summed E-state index contributed by atoms with van der Waals surface area (Å²) >= 11 is 3.56. The third kappa shape index (κ3) is 5.22. The van der Waals surface area contributed by atoms with Crippen molar-refractivity contribution in [3.8, 4) is 0 Å². The standard InChI is InChI=1S/C19H27BrN2O3Si/c1-5-24-9-8-14-12-16-17(20)7-6-15(19(21)23)18(16)22(14)13-25-10-11-26(2,3)4/h6-9,12H,5,10-11,13H2,1-4H3,(H2,21,23). The number of amides is 1. The van der Waals surface area contributed by atoms with Gasteiger partial charge in [0.25, 0.3) is 5.91 Å². The van der Waals surface area contributed by atoms with Crippen molar-refractivity contribution in [2.75, 3.05) is 13.2 Å². The van der Waals surface area contributed by atoms with E-state index < -0.39 is 14.0 Å². The van der Waals surface area contributed by atoms with Crippen molar-refractivity contribution in [3.63, 3.8) is 0 Å². The molecule has 1 amide bonds. The maximum atomic E-state index is 11.9. The van der Waals surface area contributed by atoms with Crippen molar-refractivity contribution in [1.29, 1.82) is 0 Å². The Morgan fingerprint density at radius 1 is 1.35 bits per heavy atom. The van der Waals surface area contributed by atoms with Gasteiger partial charge >= 0.3 is 0 Å². The number of hydrogen-bond donors (Lipinski definition) is 1. The minimum atomic E-state index is -1.16. The van der Waals surface area contributed by atoms with E-state index in [2.05, 4.69) is 35.6 Å². The maximum Gasteiger partial charge on any atom is 0.250 e. The summed E-state index contributed by atoms with van der Waals surface area (Å²) in [6.07, 6.45) is 3.53. The lowest BCUT2D eigenvalue weighted by atomic mass is 10.1. The molecule has 0 saturated carbocycles. The van der Waals surface area contributed by atoms with Gasteiger partial charge in [-0.25, -0.2) is 0 Å². The average molecular weight is 439 g/mol. The molecule has 5 nitrogen and oxygen atoms in total. The van der Waals surface area contributed by atoms with Crippen LogP contribution in [0, 0.1) is 0 Å². The van der Waals surface area contributed by atoms with Crippen LogP contribution >= 0.6 is 15.9 Å². The van der Waals surface area contributed by atoms with Crippen LogP contribution in [0.4, 0.5) is 0 Å². The highest BCUT2D eigenvalue weighted by molar-refractivity contribution is 9.10. The Morgan fingerprint density at radius 2 is 2.08 bits per heavy atom. The zero-order valence-electron chi connectivity index (χ0n) is 15.8. The first-order chi connectivity index (χ1) is 12.2. The van der Waals surface area contributed by atoms with Crippen LogP contribution in [-0.2, 0) is 16.2 Å². The van der Waals surface area contributed by atoms with Gasteiger partial charge in [-0.3, -0.25) is 4.79 Å². The maximum absolute atomic E-state index is 11.9. The topological polar surface area (TPSA) is 66.5 Å². The fraction of sp³-hybridized carbons (Fsp3) is 0.421. The minimum Gasteiger partial charge on any atom is -0.501 e. The summed E-state index contributed by atoms with van der Waals surface area (Å²) in [6, 6.07) is 6.67. The minimum absolute atomic E-state index is 0.358. The second kappa shape index (κ2) is 8.88. The molecule has 0 unspecified atom stereocenters. The largest absolute Gasteiger partial charge is 0.501 e. The number of hydrogen-bond acceptors (Lipinski definition) is 3. The van der Waals surface area contributed by atoms with Gasteiger partial charge in [-0.15, -0.1) is 0 Å².